The SMILES string of the molecule is COc1cc(OC)cc(N2CCC(NC(=O)CN)C2)c1.Cl.Cl. The number of hydrogen-bond acceptors (Lipinski definition) is 5. The number of methoxy groups -OCH3 is 2. The van der Waals surface area contributed by atoms with Crippen molar-refractivity contribution in [1.82, 2.24) is 5.32 Å². The zero-order chi connectivity index (χ0) is 14.5. The summed E-state index contributed by atoms with van der Waals surface area (Å²) in [7, 11) is 3.26. The van der Waals surface area contributed by atoms with Crippen LogP contribution in [0.15, 0.2) is 18.2 Å². The van der Waals surface area contributed by atoms with E-state index in [1.165, 1.54) is 0 Å². The number of nitrogens with zero attached hydrogens (tertiary/aromatic N) is 1. The van der Waals surface area contributed by atoms with Crippen LogP contribution in [0, 0.1) is 0 Å². The lowest BCUT2D eigenvalue weighted by Crippen LogP contribution is -2.40. The lowest BCUT2D eigenvalue weighted by Gasteiger charge is -2.20. The van der Waals surface area contributed by atoms with Crippen molar-refractivity contribution in [2.75, 3.05) is 38.8 Å². The number of carbonyl (C=O) groups excluding carboxylic acids is 1. The summed E-state index contributed by atoms with van der Waals surface area (Å²) in [6.45, 7) is 1.68. The van der Waals surface area contributed by atoms with Crippen LogP contribution in [-0.2, 0) is 4.79 Å². The monoisotopic (exact) mass is 351 g/mol. The Bertz CT molecular complexity index is 466. The normalized spacial score (nSPS) is 16.3. The summed E-state index contributed by atoms with van der Waals surface area (Å²) < 4.78 is 10.5. The first-order valence-electron chi connectivity index (χ1n) is 6.63. The number of nitrogens with one attached hydrogen (secondary N) is 1. The number of benzene rings is 1. The van der Waals surface area contributed by atoms with Crippen molar-refractivity contribution in [3.8, 4) is 11.5 Å². The molecule has 1 amide bonds. The molecule has 1 unspecified atom stereocenters. The molecule has 1 fully saturated rings. The van der Waals surface area contributed by atoms with Gasteiger partial charge in [0, 0.05) is 43.0 Å². The molecule has 1 aliphatic rings. The molecule has 1 saturated heterocycles. The van der Waals surface area contributed by atoms with Crippen molar-refractivity contribution in [2.24, 2.45) is 5.73 Å². The standard InChI is InChI=1S/C14H21N3O3.2ClH/c1-19-12-5-11(6-13(7-12)20-2)17-4-3-10(9-17)16-14(18)8-15;;/h5-7,10H,3-4,8-9,15H2,1-2H3,(H,16,18);2*1H. The summed E-state index contributed by atoms with van der Waals surface area (Å²) in [6.07, 6.45) is 0.908. The molecule has 1 atom stereocenters. The van der Waals surface area contributed by atoms with Gasteiger partial charge in [-0.25, -0.2) is 0 Å². The Morgan fingerprint density at radius 1 is 1.27 bits per heavy atom. The quantitative estimate of drug-likeness (QED) is 0.833. The second-order valence-corrected chi connectivity index (χ2v) is 4.77. The van der Waals surface area contributed by atoms with E-state index < -0.39 is 0 Å². The van der Waals surface area contributed by atoms with Crippen LogP contribution in [0.1, 0.15) is 6.42 Å². The van der Waals surface area contributed by atoms with Gasteiger partial charge >= 0.3 is 0 Å². The topological polar surface area (TPSA) is 76.8 Å². The van der Waals surface area contributed by atoms with Gasteiger partial charge in [-0.15, -0.1) is 24.8 Å². The third-order valence-electron chi connectivity index (χ3n) is 3.44. The van der Waals surface area contributed by atoms with E-state index in [1.807, 2.05) is 18.2 Å². The third kappa shape index (κ3) is 5.12. The molecule has 0 spiro atoms. The fourth-order valence-electron chi connectivity index (χ4n) is 2.37. The molecule has 1 aromatic rings. The van der Waals surface area contributed by atoms with E-state index in [0.29, 0.717) is 0 Å². The molecule has 1 aliphatic heterocycles. The van der Waals surface area contributed by atoms with E-state index in [2.05, 4.69) is 10.2 Å². The molecule has 6 nitrogen and oxygen atoms in total. The van der Waals surface area contributed by atoms with Crippen molar-refractivity contribution in [1.29, 1.82) is 0 Å². The van der Waals surface area contributed by atoms with Crippen LogP contribution in [0.2, 0.25) is 0 Å². The highest BCUT2D eigenvalue weighted by Gasteiger charge is 2.24. The van der Waals surface area contributed by atoms with E-state index in [0.717, 1.165) is 36.7 Å². The highest BCUT2D eigenvalue weighted by Crippen LogP contribution is 2.30. The van der Waals surface area contributed by atoms with Gasteiger partial charge in [0.05, 0.1) is 20.8 Å². The van der Waals surface area contributed by atoms with Crippen molar-refractivity contribution in [3.63, 3.8) is 0 Å². The molecule has 126 valence electrons. The predicted molar refractivity (Wildman–Crippen MR) is 91.9 cm³/mol. The number of hydrogen-bond donors (Lipinski definition) is 2. The summed E-state index contributed by atoms with van der Waals surface area (Å²) in [6, 6.07) is 5.92. The first kappa shape index (κ1) is 20.6. The summed E-state index contributed by atoms with van der Waals surface area (Å²) in [4.78, 5) is 13.5. The summed E-state index contributed by atoms with van der Waals surface area (Å²) in [5.41, 5.74) is 6.35. The van der Waals surface area contributed by atoms with Gasteiger partial charge in [0.25, 0.3) is 0 Å². The van der Waals surface area contributed by atoms with Crippen LogP contribution >= 0.6 is 24.8 Å². The number of nitrogens with two attached hydrogens (primary N) is 1. The van der Waals surface area contributed by atoms with Crippen molar-refractivity contribution >= 4 is 36.4 Å². The second kappa shape index (κ2) is 9.61. The maximum absolute atomic E-state index is 11.3. The molecule has 0 aromatic heterocycles. The highest BCUT2D eigenvalue weighted by atomic mass is 35.5. The third-order valence-corrected chi connectivity index (χ3v) is 3.44. The van der Waals surface area contributed by atoms with Crippen molar-refractivity contribution in [2.45, 2.75) is 12.5 Å². The number of carbonyl (C=O) groups is 1. The Morgan fingerprint density at radius 3 is 2.36 bits per heavy atom. The molecule has 0 aliphatic carbocycles. The van der Waals surface area contributed by atoms with E-state index in [-0.39, 0.29) is 43.3 Å². The van der Waals surface area contributed by atoms with Gasteiger partial charge in [-0.3, -0.25) is 4.79 Å². The molecule has 3 N–H and O–H groups in total. The van der Waals surface area contributed by atoms with Gasteiger partial charge in [0.2, 0.25) is 5.91 Å². The number of rotatable bonds is 5. The average molecular weight is 352 g/mol. The highest BCUT2D eigenvalue weighted by molar-refractivity contribution is 5.85. The van der Waals surface area contributed by atoms with Gasteiger partial charge in [0.15, 0.2) is 0 Å². The number of amides is 1. The van der Waals surface area contributed by atoms with Gasteiger partial charge in [-0.1, -0.05) is 0 Å². The minimum absolute atomic E-state index is 0. The Hall–Kier alpha value is -1.37. The van der Waals surface area contributed by atoms with E-state index in [9.17, 15) is 4.79 Å². The van der Waals surface area contributed by atoms with Crippen LogP contribution in [0.4, 0.5) is 5.69 Å². The lowest BCUT2D eigenvalue weighted by molar-refractivity contribution is -0.120. The maximum Gasteiger partial charge on any atom is 0.234 e. The zero-order valence-electron chi connectivity index (χ0n) is 12.7. The van der Waals surface area contributed by atoms with Crippen LogP contribution in [-0.4, -0.2) is 45.8 Å². The minimum atomic E-state index is -0.111. The fraction of sp³-hybridized carbons (Fsp3) is 0.500. The molecule has 2 rings (SSSR count). The molecular weight excluding hydrogens is 329 g/mol. The van der Waals surface area contributed by atoms with Crippen molar-refractivity contribution in [3.05, 3.63) is 18.2 Å². The van der Waals surface area contributed by atoms with Crippen LogP contribution in [0.3, 0.4) is 0 Å². The first-order valence-corrected chi connectivity index (χ1v) is 6.63. The van der Waals surface area contributed by atoms with Gasteiger partial charge in [-0.2, -0.15) is 0 Å². The summed E-state index contributed by atoms with van der Waals surface area (Å²) >= 11 is 0. The summed E-state index contributed by atoms with van der Waals surface area (Å²) in [5.74, 6) is 1.41. The van der Waals surface area contributed by atoms with Gasteiger partial charge in [0.1, 0.15) is 11.5 Å². The molecule has 0 saturated carbocycles. The lowest BCUT2D eigenvalue weighted by atomic mass is 10.2. The minimum Gasteiger partial charge on any atom is -0.497 e. The average Bonchev–Trinajstić information content (AvgIpc) is 2.94. The number of halogens is 2. The van der Waals surface area contributed by atoms with Gasteiger partial charge < -0.3 is 25.4 Å². The summed E-state index contributed by atoms with van der Waals surface area (Å²) in [5, 5.41) is 2.92. The van der Waals surface area contributed by atoms with E-state index in [1.54, 1.807) is 14.2 Å². The number of anilines is 1. The first-order chi connectivity index (χ1) is 9.66. The Labute approximate surface area is 143 Å². The Balaban J connectivity index is 0.00000220. The molecule has 8 heteroatoms. The van der Waals surface area contributed by atoms with Crippen LogP contribution in [0.25, 0.3) is 0 Å². The molecule has 1 aromatic carbocycles. The fourth-order valence-corrected chi connectivity index (χ4v) is 2.37. The molecule has 1 heterocycles. The smallest absolute Gasteiger partial charge is 0.234 e. The van der Waals surface area contributed by atoms with Crippen LogP contribution in [0.5, 0.6) is 11.5 Å². The Morgan fingerprint density at radius 2 is 1.86 bits per heavy atom. The second-order valence-electron chi connectivity index (χ2n) is 4.77. The molecule has 0 radical (unpaired) electrons. The molecule has 0 bridgehead atoms. The Kier molecular flexibility index (Phi) is 9.01. The molecular formula is C14H23Cl2N3O3. The number of ether oxygens (including phenoxy) is 2. The zero-order valence-corrected chi connectivity index (χ0v) is 14.3. The molecule has 22 heavy (non-hydrogen) atoms. The van der Waals surface area contributed by atoms with Crippen molar-refractivity contribution < 1.29 is 14.3 Å². The van der Waals surface area contributed by atoms with E-state index in [4.69, 9.17) is 15.2 Å². The largest absolute Gasteiger partial charge is 0.497 e. The van der Waals surface area contributed by atoms with Gasteiger partial charge in [-0.05, 0) is 6.42 Å². The van der Waals surface area contributed by atoms with E-state index >= 15 is 0 Å². The predicted octanol–water partition coefficient (Wildman–Crippen LogP) is 1.20. The van der Waals surface area contributed by atoms with Crippen LogP contribution < -0.4 is 25.4 Å². The maximum atomic E-state index is 11.3.